The van der Waals surface area contributed by atoms with Crippen LogP contribution >= 0.6 is 0 Å². The zero-order valence-electron chi connectivity index (χ0n) is 16.2. The second kappa shape index (κ2) is 9.60. The normalized spacial score (nSPS) is 14.2. The van der Waals surface area contributed by atoms with Gasteiger partial charge in [0.15, 0.2) is 5.96 Å². The van der Waals surface area contributed by atoms with E-state index >= 15 is 0 Å². The molecule has 0 amide bonds. The number of rotatable bonds is 7. The number of para-hydroxylation sites is 1. The number of nitriles is 1. The van der Waals surface area contributed by atoms with Crippen LogP contribution in [0.4, 0.5) is 5.82 Å². The van der Waals surface area contributed by atoms with Crippen LogP contribution in [0.5, 0.6) is 0 Å². The lowest BCUT2D eigenvalue weighted by Crippen LogP contribution is -2.42. The number of nitrogens with one attached hydrogen (secondary N) is 2. The van der Waals surface area contributed by atoms with Gasteiger partial charge in [0.25, 0.3) is 0 Å². The highest BCUT2D eigenvalue weighted by molar-refractivity contribution is 5.80. The van der Waals surface area contributed by atoms with E-state index in [1.165, 1.54) is 0 Å². The molecule has 1 aromatic carbocycles. The number of nitrogens with zero attached hydrogens (tertiary/aromatic N) is 4. The van der Waals surface area contributed by atoms with Gasteiger partial charge in [0, 0.05) is 19.1 Å². The Morgan fingerprint density at radius 3 is 2.75 bits per heavy atom. The van der Waals surface area contributed by atoms with Crippen LogP contribution in [0, 0.1) is 11.3 Å². The third-order valence-corrected chi connectivity index (χ3v) is 4.64. The van der Waals surface area contributed by atoms with Crippen molar-refractivity contribution in [1.29, 1.82) is 5.26 Å². The van der Waals surface area contributed by atoms with Crippen LogP contribution in [0.25, 0.3) is 5.69 Å². The van der Waals surface area contributed by atoms with Gasteiger partial charge in [-0.1, -0.05) is 30.4 Å². The van der Waals surface area contributed by atoms with E-state index in [4.69, 9.17) is 5.73 Å². The molecule has 0 atom stereocenters. The minimum atomic E-state index is 0.385. The standard InChI is InChI=1S/C21H27N7/c1-2-24-21(26-16-9-6-7-10-16)25-14-8-13-19-18(15-22)20(23)28(27-19)17-11-4-3-5-12-17/h3-7,11-12,16H,2,8-10,13-14,23H2,1H3,(H2,24,25,26). The van der Waals surface area contributed by atoms with Crippen molar-refractivity contribution in [3.05, 3.63) is 53.7 Å². The van der Waals surface area contributed by atoms with Crippen molar-refractivity contribution >= 4 is 11.8 Å². The predicted octanol–water partition coefficient (Wildman–Crippen LogP) is 2.53. The molecule has 7 heteroatoms. The number of hydrogen-bond acceptors (Lipinski definition) is 4. The lowest BCUT2D eigenvalue weighted by atomic mass is 10.1. The molecule has 4 N–H and O–H groups in total. The SMILES string of the molecule is CCNC(=NCCCc1nn(-c2ccccc2)c(N)c1C#N)NC1CC=CC1. The molecule has 0 unspecified atom stereocenters. The first kappa shape index (κ1) is 19.5. The molecule has 0 spiro atoms. The number of aliphatic imine (C=N–C) groups is 1. The molecule has 0 saturated heterocycles. The zero-order chi connectivity index (χ0) is 19.8. The number of nitrogen functional groups attached to an aromatic ring is 1. The number of guanidine groups is 1. The van der Waals surface area contributed by atoms with Crippen LogP contribution in [-0.2, 0) is 6.42 Å². The lowest BCUT2D eigenvalue weighted by Gasteiger charge is -2.16. The maximum atomic E-state index is 9.50. The second-order valence-corrected chi connectivity index (χ2v) is 6.71. The molecule has 28 heavy (non-hydrogen) atoms. The highest BCUT2D eigenvalue weighted by Crippen LogP contribution is 2.21. The van der Waals surface area contributed by atoms with E-state index in [-0.39, 0.29) is 0 Å². The largest absolute Gasteiger partial charge is 0.382 e. The molecule has 1 aliphatic carbocycles. The fourth-order valence-corrected chi connectivity index (χ4v) is 3.23. The summed E-state index contributed by atoms with van der Waals surface area (Å²) in [7, 11) is 0. The second-order valence-electron chi connectivity index (χ2n) is 6.71. The Hall–Kier alpha value is -3.27. The lowest BCUT2D eigenvalue weighted by molar-refractivity contribution is 0.632. The maximum absolute atomic E-state index is 9.50. The fourth-order valence-electron chi connectivity index (χ4n) is 3.23. The van der Waals surface area contributed by atoms with Gasteiger partial charge < -0.3 is 16.4 Å². The molecule has 146 valence electrons. The Bertz CT molecular complexity index is 866. The summed E-state index contributed by atoms with van der Waals surface area (Å²) in [6, 6.07) is 12.2. The Labute approximate surface area is 166 Å². The van der Waals surface area contributed by atoms with E-state index in [0.717, 1.165) is 43.1 Å². The quantitative estimate of drug-likeness (QED) is 0.298. The topological polar surface area (TPSA) is 104 Å². The van der Waals surface area contributed by atoms with Gasteiger partial charge in [0.1, 0.15) is 17.5 Å². The first-order chi connectivity index (χ1) is 13.7. The minimum absolute atomic E-state index is 0.385. The van der Waals surface area contributed by atoms with Gasteiger partial charge >= 0.3 is 0 Å². The fraction of sp³-hybridized carbons (Fsp3) is 0.381. The monoisotopic (exact) mass is 377 g/mol. The average Bonchev–Trinajstić information content (AvgIpc) is 3.33. The molecule has 1 aliphatic rings. The van der Waals surface area contributed by atoms with Gasteiger partial charge in [-0.3, -0.25) is 4.99 Å². The van der Waals surface area contributed by atoms with Crippen molar-refractivity contribution < 1.29 is 0 Å². The molecule has 1 heterocycles. The van der Waals surface area contributed by atoms with Crippen molar-refractivity contribution in [3.63, 3.8) is 0 Å². The molecule has 7 nitrogen and oxygen atoms in total. The van der Waals surface area contributed by atoms with E-state index < -0.39 is 0 Å². The summed E-state index contributed by atoms with van der Waals surface area (Å²) in [6.07, 6.45) is 7.90. The average molecular weight is 377 g/mol. The molecule has 3 rings (SSSR count). The number of anilines is 1. The molecular formula is C21H27N7. The molecule has 0 bridgehead atoms. The third kappa shape index (κ3) is 4.71. The summed E-state index contributed by atoms with van der Waals surface area (Å²) in [5, 5.41) is 20.8. The van der Waals surface area contributed by atoms with Crippen LogP contribution in [0.15, 0.2) is 47.5 Å². The summed E-state index contributed by atoms with van der Waals surface area (Å²) in [5.41, 5.74) is 8.18. The third-order valence-electron chi connectivity index (χ3n) is 4.64. The minimum Gasteiger partial charge on any atom is -0.382 e. The first-order valence-corrected chi connectivity index (χ1v) is 9.75. The molecule has 2 aromatic rings. The number of nitrogens with two attached hydrogens (primary N) is 1. The molecule has 0 fully saturated rings. The summed E-state index contributed by atoms with van der Waals surface area (Å²) in [5.74, 6) is 1.22. The number of aryl methyl sites for hydroxylation is 1. The van der Waals surface area contributed by atoms with Crippen molar-refractivity contribution in [2.75, 3.05) is 18.8 Å². The predicted molar refractivity (Wildman–Crippen MR) is 112 cm³/mol. The van der Waals surface area contributed by atoms with Crippen LogP contribution in [0.3, 0.4) is 0 Å². The maximum Gasteiger partial charge on any atom is 0.191 e. The van der Waals surface area contributed by atoms with Gasteiger partial charge in [-0.25, -0.2) is 4.68 Å². The Morgan fingerprint density at radius 2 is 2.07 bits per heavy atom. The van der Waals surface area contributed by atoms with Gasteiger partial charge in [0.05, 0.1) is 11.4 Å². The molecule has 0 saturated carbocycles. The van der Waals surface area contributed by atoms with E-state index in [9.17, 15) is 5.26 Å². The van der Waals surface area contributed by atoms with Gasteiger partial charge in [-0.2, -0.15) is 10.4 Å². The van der Waals surface area contributed by atoms with E-state index in [1.807, 2.05) is 30.3 Å². The van der Waals surface area contributed by atoms with Gasteiger partial charge in [0.2, 0.25) is 0 Å². The highest BCUT2D eigenvalue weighted by atomic mass is 15.3. The van der Waals surface area contributed by atoms with Gasteiger partial charge in [-0.15, -0.1) is 0 Å². The van der Waals surface area contributed by atoms with Gasteiger partial charge in [-0.05, 0) is 44.7 Å². The van der Waals surface area contributed by atoms with Crippen molar-refractivity contribution in [3.8, 4) is 11.8 Å². The summed E-state index contributed by atoms with van der Waals surface area (Å²) in [6.45, 7) is 3.53. The summed E-state index contributed by atoms with van der Waals surface area (Å²) in [4.78, 5) is 4.65. The molecule has 1 aromatic heterocycles. The van der Waals surface area contributed by atoms with E-state index in [0.29, 0.717) is 30.4 Å². The van der Waals surface area contributed by atoms with E-state index in [1.54, 1.807) is 4.68 Å². The van der Waals surface area contributed by atoms with Crippen molar-refractivity contribution in [2.24, 2.45) is 4.99 Å². The van der Waals surface area contributed by atoms with Crippen LogP contribution in [0.1, 0.15) is 37.4 Å². The number of benzene rings is 1. The van der Waals surface area contributed by atoms with Crippen LogP contribution in [0.2, 0.25) is 0 Å². The Morgan fingerprint density at radius 1 is 1.32 bits per heavy atom. The summed E-state index contributed by atoms with van der Waals surface area (Å²) < 4.78 is 1.63. The zero-order valence-corrected chi connectivity index (χ0v) is 16.2. The van der Waals surface area contributed by atoms with Crippen molar-refractivity contribution in [1.82, 2.24) is 20.4 Å². The van der Waals surface area contributed by atoms with Crippen molar-refractivity contribution in [2.45, 2.75) is 38.6 Å². The molecular weight excluding hydrogens is 350 g/mol. The smallest absolute Gasteiger partial charge is 0.191 e. The number of aromatic nitrogens is 2. The highest BCUT2D eigenvalue weighted by Gasteiger charge is 2.16. The van der Waals surface area contributed by atoms with E-state index in [2.05, 4.69) is 45.9 Å². The van der Waals surface area contributed by atoms with Crippen LogP contribution < -0.4 is 16.4 Å². The first-order valence-electron chi connectivity index (χ1n) is 9.75. The summed E-state index contributed by atoms with van der Waals surface area (Å²) >= 11 is 0. The van der Waals surface area contributed by atoms with Crippen LogP contribution in [-0.4, -0.2) is 34.9 Å². The Kier molecular flexibility index (Phi) is 6.68. The molecule has 0 radical (unpaired) electrons. The Balaban J connectivity index is 1.63. The molecule has 0 aliphatic heterocycles. The number of hydrogen-bond donors (Lipinski definition) is 3.